The van der Waals surface area contributed by atoms with E-state index < -0.39 is 29.1 Å². The van der Waals surface area contributed by atoms with Gasteiger partial charge >= 0.3 is 6.18 Å². The van der Waals surface area contributed by atoms with Crippen molar-refractivity contribution in [3.05, 3.63) is 59.7 Å². The SMILES string of the molecule is C/N=C(/c1c(F)cc(-c2ccccc2)cc1F)C(F)(F)F. The lowest BCUT2D eigenvalue weighted by Gasteiger charge is -2.13. The summed E-state index contributed by atoms with van der Waals surface area (Å²) in [5.74, 6) is -2.60. The minimum atomic E-state index is -4.93. The number of aliphatic imine (C=N–C) groups is 1. The normalized spacial score (nSPS) is 12.6. The molecule has 6 heteroatoms. The van der Waals surface area contributed by atoms with Gasteiger partial charge in [0.25, 0.3) is 0 Å². The average Bonchev–Trinajstić information content (AvgIpc) is 2.42. The fourth-order valence-corrected chi connectivity index (χ4v) is 1.98. The molecule has 0 aliphatic carbocycles. The third kappa shape index (κ3) is 3.09. The molecule has 0 spiro atoms. The number of rotatable bonds is 2. The molecule has 0 heterocycles. The quantitative estimate of drug-likeness (QED) is 0.567. The second kappa shape index (κ2) is 5.63. The Morgan fingerprint density at radius 2 is 1.43 bits per heavy atom. The van der Waals surface area contributed by atoms with E-state index in [2.05, 4.69) is 4.99 Å². The Balaban J connectivity index is 2.58. The first-order chi connectivity index (χ1) is 9.84. The van der Waals surface area contributed by atoms with E-state index in [4.69, 9.17) is 0 Å². The summed E-state index contributed by atoms with van der Waals surface area (Å²) < 4.78 is 66.1. The molecular weight excluding hydrogens is 289 g/mol. The molecule has 0 aliphatic rings. The molecule has 2 aromatic rings. The van der Waals surface area contributed by atoms with Crippen LogP contribution in [-0.2, 0) is 0 Å². The zero-order chi connectivity index (χ0) is 15.6. The van der Waals surface area contributed by atoms with Gasteiger partial charge in [-0.3, -0.25) is 4.99 Å². The molecule has 0 unspecified atom stereocenters. The monoisotopic (exact) mass is 299 g/mol. The Bertz CT molecular complexity index is 651. The van der Waals surface area contributed by atoms with Gasteiger partial charge in [0, 0.05) is 7.05 Å². The predicted octanol–water partition coefficient (Wildman–Crippen LogP) is 4.61. The standard InChI is InChI=1S/C15H10F5N/c1-21-14(15(18,19)20)13-11(16)7-10(8-12(13)17)9-5-3-2-4-6-9/h2-8H,1H3/b21-14-. The van der Waals surface area contributed by atoms with Crippen LogP contribution in [0.5, 0.6) is 0 Å². The minimum Gasteiger partial charge on any atom is -0.283 e. The van der Waals surface area contributed by atoms with Crippen LogP contribution in [0.1, 0.15) is 5.56 Å². The summed E-state index contributed by atoms with van der Waals surface area (Å²) >= 11 is 0. The van der Waals surface area contributed by atoms with Gasteiger partial charge in [-0.15, -0.1) is 0 Å². The third-order valence-corrected chi connectivity index (χ3v) is 2.88. The molecular formula is C15H10F5N. The molecule has 110 valence electrons. The van der Waals surface area contributed by atoms with E-state index >= 15 is 0 Å². The topological polar surface area (TPSA) is 12.4 Å². The molecule has 0 atom stereocenters. The first-order valence-corrected chi connectivity index (χ1v) is 5.93. The van der Waals surface area contributed by atoms with E-state index in [1.54, 1.807) is 30.3 Å². The highest BCUT2D eigenvalue weighted by Crippen LogP contribution is 2.29. The number of hydrogen-bond acceptors (Lipinski definition) is 1. The number of alkyl halides is 3. The van der Waals surface area contributed by atoms with E-state index in [0.29, 0.717) is 5.56 Å². The zero-order valence-electron chi connectivity index (χ0n) is 10.9. The molecule has 0 saturated heterocycles. The first kappa shape index (κ1) is 15.2. The lowest BCUT2D eigenvalue weighted by atomic mass is 10.0. The molecule has 0 N–H and O–H groups in total. The van der Waals surface area contributed by atoms with Crippen molar-refractivity contribution in [2.24, 2.45) is 4.99 Å². The van der Waals surface area contributed by atoms with Crippen molar-refractivity contribution in [1.82, 2.24) is 0 Å². The van der Waals surface area contributed by atoms with Crippen LogP contribution in [0.2, 0.25) is 0 Å². The highest BCUT2D eigenvalue weighted by molar-refractivity contribution is 6.05. The molecule has 1 nitrogen and oxygen atoms in total. The fraction of sp³-hybridized carbons (Fsp3) is 0.133. The van der Waals surface area contributed by atoms with Crippen molar-refractivity contribution in [2.75, 3.05) is 7.05 Å². The van der Waals surface area contributed by atoms with Gasteiger partial charge in [-0.05, 0) is 23.3 Å². The molecule has 0 radical (unpaired) electrons. The van der Waals surface area contributed by atoms with Crippen molar-refractivity contribution in [2.45, 2.75) is 6.18 Å². The summed E-state index contributed by atoms with van der Waals surface area (Å²) in [7, 11) is 0.840. The van der Waals surface area contributed by atoms with E-state index in [1.165, 1.54) is 0 Å². The van der Waals surface area contributed by atoms with Crippen molar-refractivity contribution in [1.29, 1.82) is 0 Å². The lowest BCUT2D eigenvalue weighted by Crippen LogP contribution is -2.26. The van der Waals surface area contributed by atoms with Crippen LogP contribution >= 0.6 is 0 Å². The van der Waals surface area contributed by atoms with E-state index in [0.717, 1.165) is 19.2 Å². The van der Waals surface area contributed by atoms with Crippen molar-refractivity contribution < 1.29 is 22.0 Å². The van der Waals surface area contributed by atoms with Gasteiger partial charge in [-0.1, -0.05) is 30.3 Å². The fourth-order valence-electron chi connectivity index (χ4n) is 1.98. The second-order valence-electron chi connectivity index (χ2n) is 4.25. The Kier molecular flexibility index (Phi) is 4.06. The summed E-state index contributed by atoms with van der Waals surface area (Å²) in [5, 5.41) is 0. The molecule has 2 aromatic carbocycles. The van der Waals surface area contributed by atoms with Crippen LogP contribution in [0.15, 0.2) is 47.5 Å². The van der Waals surface area contributed by atoms with Crippen LogP contribution in [0.3, 0.4) is 0 Å². The number of nitrogens with zero attached hydrogens (tertiary/aromatic N) is 1. The number of benzene rings is 2. The molecule has 0 bridgehead atoms. The van der Waals surface area contributed by atoms with Crippen molar-refractivity contribution in [3.63, 3.8) is 0 Å². The lowest BCUT2D eigenvalue weighted by molar-refractivity contribution is -0.0584. The van der Waals surface area contributed by atoms with Gasteiger partial charge in [0.2, 0.25) is 0 Å². The van der Waals surface area contributed by atoms with E-state index in [9.17, 15) is 22.0 Å². The van der Waals surface area contributed by atoms with Gasteiger partial charge in [0.15, 0.2) is 5.71 Å². The van der Waals surface area contributed by atoms with Crippen molar-refractivity contribution in [3.8, 4) is 11.1 Å². The van der Waals surface area contributed by atoms with Gasteiger partial charge < -0.3 is 0 Å². The minimum absolute atomic E-state index is 0.159. The Morgan fingerprint density at radius 3 is 1.86 bits per heavy atom. The highest BCUT2D eigenvalue weighted by Gasteiger charge is 2.39. The van der Waals surface area contributed by atoms with Crippen LogP contribution in [0.25, 0.3) is 11.1 Å². The van der Waals surface area contributed by atoms with Crippen LogP contribution in [0.4, 0.5) is 22.0 Å². The molecule has 0 saturated carbocycles. The van der Waals surface area contributed by atoms with Crippen LogP contribution in [-0.4, -0.2) is 18.9 Å². The Labute approximate surface area is 117 Å². The summed E-state index contributed by atoms with van der Waals surface area (Å²) in [6.07, 6.45) is -4.93. The molecule has 0 aliphatic heterocycles. The maximum absolute atomic E-state index is 13.9. The van der Waals surface area contributed by atoms with Crippen LogP contribution in [0, 0.1) is 11.6 Å². The molecule has 0 fully saturated rings. The van der Waals surface area contributed by atoms with E-state index in [1.807, 2.05) is 0 Å². The second-order valence-corrected chi connectivity index (χ2v) is 4.25. The zero-order valence-corrected chi connectivity index (χ0v) is 10.9. The summed E-state index contributed by atoms with van der Waals surface area (Å²) in [5.41, 5.74) is -2.07. The van der Waals surface area contributed by atoms with Gasteiger partial charge in [0.1, 0.15) is 11.6 Å². The average molecular weight is 299 g/mol. The molecule has 2 rings (SSSR count). The number of hydrogen-bond donors (Lipinski definition) is 0. The van der Waals surface area contributed by atoms with Crippen LogP contribution < -0.4 is 0 Å². The Hall–Kier alpha value is -2.24. The summed E-state index contributed by atoms with van der Waals surface area (Å²) in [6.45, 7) is 0. The summed E-state index contributed by atoms with van der Waals surface area (Å²) in [6, 6.07) is 9.98. The largest absolute Gasteiger partial charge is 0.433 e. The maximum Gasteiger partial charge on any atom is 0.433 e. The Morgan fingerprint density at radius 1 is 0.905 bits per heavy atom. The third-order valence-electron chi connectivity index (χ3n) is 2.88. The van der Waals surface area contributed by atoms with Gasteiger partial charge in [0.05, 0.1) is 5.56 Å². The maximum atomic E-state index is 13.9. The predicted molar refractivity (Wildman–Crippen MR) is 70.3 cm³/mol. The molecule has 0 aromatic heterocycles. The highest BCUT2D eigenvalue weighted by atomic mass is 19.4. The molecule has 0 amide bonds. The first-order valence-electron chi connectivity index (χ1n) is 5.93. The summed E-state index contributed by atoms with van der Waals surface area (Å²) in [4.78, 5) is 2.97. The molecule has 21 heavy (non-hydrogen) atoms. The van der Waals surface area contributed by atoms with E-state index in [-0.39, 0.29) is 5.56 Å². The van der Waals surface area contributed by atoms with Crippen molar-refractivity contribution >= 4 is 5.71 Å². The smallest absolute Gasteiger partial charge is 0.283 e. The number of halogens is 5. The van der Waals surface area contributed by atoms with Gasteiger partial charge in [-0.2, -0.15) is 13.2 Å². The van der Waals surface area contributed by atoms with Gasteiger partial charge in [-0.25, -0.2) is 8.78 Å².